The van der Waals surface area contributed by atoms with E-state index in [1.54, 1.807) is 36.5 Å². The Morgan fingerprint density at radius 3 is 2.89 bits per heavy atom. The van der Waals surface area contributed by atoms with Gasteiger partial charge in [0.2, 0.25) is 0 Å². The molecule has 0 unspecified atom stereocenters. The van der Waals surface area contributed by atoms with Gasteiger partial charge in [0.05, 0.1) is 23.8 Å². The molecule has 0 radical (unpaired) electrons. The molecule has 7 heteroatoms. The third-order valence-corrected chi connectivity index (χ3v) is 6.90. The van der Waals surface area contributed by atoms with Gasteiger partial charge in [-0.2, -0.15) is 0 Å². The molecule has 1 aliphatic carbocycles. The molecule has 0 saturated heterocycles. The fraction of sp³-hybridized carbons (Fsp3) is 0.429. The lowest BCUT2D eigenvalue weighted by atomic mass is 9.74. The highest BCUT2D eigenvalue weighted by Gasteiger charge is 2.31. The monoisotopic (exact) mass is 395 g/mol. The van der Waals surface area contributed by atoms with Crippen molar-refractivity contribution < 1.29 is 5.11 Å². The summed E-state index contributed by atoms with van der Waals surface area (Å²) in [4.78, 5) is 8.48. The van der Waals surface area contributed by atoms with Gasteiger partial charge in [0.1, 0.15) is 10.8 Å². The van der Waals surface area contributed by atoms with Gasteiger partial charge in [-0.3, -0.25) is 0 Å². The van der Waals surface area contributed by atoms with E-state index in [0.29, 0.717) is 22.1 Å². The average Bonchev–Trinajstić information content (AvgIpc) is 3.24. The molecule has 1 saturated carbocycles. The van der Waals surface area contributed by atoms with E-state index in [0.717, 1.165) is 10.7 Å². The van der Waals surface area contributed by atoms with Crippen LogP contribution in [0.1, 0.15) is 46.0 Å². The van der Waals surface area contributed by atoms with Crippen molar-refractivity contribution in [3.8, 4) is 22.8 Å². The van der Waals surface area contributed by atoms with Gasteiger partial charge in [-0.05, 0) is 36.8 Å². The number of phenolic OH excluding ortho intramolecular Hbond substituents is 1. The zero-order valence-corrected chi connectivity index (χ0v) is 17.1. The van der Waals surface area contributed by atoms with E-state index < -0.39 is 0 Å². The maximum Gasteiger partial charge on any atom is 0.185 e. The van der Waals surface area contributed by atoms with Gasteiger partial charge in [0.25, 0.3) is 0 Å². The average molecular weight is 396 g/mol. The first-order valence-electron chi connectivity index (χ1n) is 9.74. The van der Waals surface area contributed by atoms with Gasteiger partial charge in [0, 0.05) is 23.7 Å². The van der Waals surface area contributed by atoms with Crippen LogP contribution in [-0.2, 0) is 0 Å². The number of phenols is 1. The standard InChI is InChI=1S/C21H25N5OS/c1-3-21(2)8-4-5-16(12-21)28-19-13-23-20(25-24-19)17-7-6-15(11-18(17)27)26-10-9-22-14-26/h6-7,9-11,13-14,16,27H,3-5,8,12H2,1-2H3/t16-,21+/m1/s1. The van der Waals surface area contributed by atoms with Crippen LogP contribution in [0.2, 0.25) is 0 Å². The van der Waals surface area contributed by atoms with Crippen molar-refractivity contribution in [1.29, 1.82) is 0 Å². The molecule has 2 atom stereocenters. The van der Waals surface area contributed by atoms with Crippen molar-refractivity contribution >= 4 is 11.8 Å². The summed E-state index contributed by atoms with van der Waals surface area (Å²) < 4.78 is 1.83. The Hall–Kier alpha value is -2.41. The van der Waals surface area contributed by atoms with Crippen LogP contribution in [0.5, 0.6) is 5.75 Å². The molecule has 0 spiro atoms. The first-order chi connectivity index (χ1) is 13.6. The molecule has 1 aromatic carbocycles. The number of hydrogen-bond acceptors (Lipinski definition) is 6. The Labute approximate surface area is 169 Å². The van der Waals surface area contributed by atoms with Gasteiger partial charge in [0.15, 0.2) is 5.82 Å². The Bertz CT molecular complexity index is 928. The van der Waals surface area contributed by atoms with Crippen LogP contribution in [0.3, 0.4) is 0 Å². The van der Waals surface area contributed by atoms with Crippen molar-refractivity contribution in [3.05, 3.63) is 43.1 Å². The molecule has 0 amide bonds. The van der Waals surface area contributed by atoms with Crippen molar-refractivity contribution in [1.82, 2.24) is 24.7 Å². The molecule has 4 rings (SSSR count). The number of aromatic nitrogens is 5. The Morgan fingerprint density at radius 2 is 2.21 bits per heavy atom. The van der Waals surface area contributed by atoms with Crippen LogP contribution in [0, 0.1) is 5.41 Å². The fourth-order valence-electron chi connectivity index (χ4n) is 3.83. The summed E-state index contributed by atoms with van der Waals surface area (Å²) in [7, 11) is 0. The molecule has 3 aromatic rings. The van der Waals surface area contributed by atoms with E-state index in [1.807, 2.05) is 22.9 Å². The van der Waals surface area contributed by atoms with Crippen LogP contribution in [0.4, 0.5) is 0 Å². The molecule has 146 valence electrons. The predicted molar refractivity (Wildman–Crippen MR) is 111 cm³/mol. The fourth-order valence-corrected chi connectivity index (χ4v) is 5.14. The van der Waals surface area contributed by atoms with E-state index >= 15 is 0 Å². The molecule has 1 fully saturated rings. The molecule has 1 aliphatic rings. The van der Waals surface area contributed by atoms with Gasteiger partial charge in [-0.1, -0.05) is 38.5 Å². The first-order valence-corrected chi connectivity index (χ1v) is 10.6. The molecule has 2 heterocycles. The van der Waals surface area contributed by atoms with E-state index in [9.17, 15) is 5.11 Å². The Kier molecular flexibility index (Phi) is 5.35. The normalized spacial score (nSPS) is 22.3. The highest BCUT2D eigenvalue weighted by Crippen LogP contribution is 2.44. The summed E-state index contributed by atoms with van der Waals surface area (Å²) >= 11 is 1.78. The van der Waals surface area contributed by atoms with E-state index in [4.69, 9.17) is 0 Å². The van der Waals surface area contributed by atoms with Crippen molar-refractivity contribution in [2.24, 2.45) is 5.41 Å². The molecule has 6 nitrogen and oxygen atoms in total. The number of rotatable bonds is 5. The van der Waals surface area contributed by atoms with E-state index in [1.165, 1.54) is 32.1 Å². The quantitative estimate of drug-likeness (QED) is 0.663. The topological polar surface area (TPSA) is 76.7 Å². The van der Waals surface area contributed by atoms with E-state index in [2.05, 4.69) is 34.0 Å². The number of imidazole rings is 1. The molecule has 0 bridgehead atoms. The minimum Gasteiger partial charge on any atom is -0.507 e. The molecule has 2 aromatic heterocycles. The van der Waals surface area contributed by atoms with Crippen LogP contribution in [0.15, 0.2) is 48.1 Å². The number of thioether (sulfide) groups is 1. The lowest BCUT2D eigenvalue weighted by Gasteiger charge is -2.37. The summed E-state index contributed by atoms with van der Waals surface area (Å²) in [5, 5.41) is 20.5. The number of nitrogens with zero attached hydrogens (tertiary/aromatic N) is 5. The zero-order chi connectivity index (χ0) is 19.6. The number of aromatic hydroxyl groups is 1. The van der Waals surface area contributed by atoms with Gasteiger partial charge in [-0.15, -0.1) is 10.2 Å². The van der Waals surface area contributed by atoms with Crippen molar-refractivity contribution in [3.63, 3.8) is 0 Å². The lowest BCUT2D eigenvalue weighted by molar-refractivity contribution is 0.213. The van der Waals surface area contributed by atoms with Crippen LogP contribution in [-0.4, -0.2) is 35.1 Å². The summed E-state index contributed by atoms with van der Waals surface area (Å²) in [5.74, 6) is 0.556. The Morgan fingerprint density at radius 1 is 1.32 bits per heavy atom. The predicted octanol–water partition coefficient (Wildman–Crippen LogP) is 4.88. The second-order valence-electron chi connectivity index (χ2n) is 7.79. The summed E-state index contributed by atoms with van der Waals surface area (Å²) in [6.07, 6.45) is 13.2. The zero-order valence-electron chi connectivity index (χ0n) is 16.2. The summed E-state index contributed by atoms with van der Waals surface area (Å²) in [5.41, 5.74) is 1.85. The third-order valence-electron chi connectivity index (χ3n) is 5.73. The van der Waals surface area contributed by atoms with Crippen molar-refractivity contribution in [2.45, 2.75) is 56.2 Å². The van der Waals surface area contributed by atoms with Crippen LogP contribution < -0.4 is 0 Å². The minimum absolute atomic E-state index is 0.124. The second kappa shape index (κ2) is 7.91. The Balaban J connectivity index is 1.47. The van der Waals surface area contributed by atoms with Crippen molar-refractivity contribution in [2.75, 3.05) is 0 Å². The van der Waals surface area contributed by atoms with E-state index in [-0.39, 0.29) is 5.75 Å². The van der Waals surface area contributed by atoms with Gasteiger partial charge < -0.3 is 9.67 Å². The van der Waals surface area contributed by atoms with Gasteiger partial charge in [-0.25, -0.2) is 9.97 Å². The smallest absolute Gasteiger partial charge is 0.185 e. The molecule has 1 N–H and O–H groups in total. The lowest BCUT2D eigenvalue weighted by Crippen LogP contribution is -2.26. The second-order valence-corrected chi connectivity index (χ2v) is 9.11. The molecule has 0 aliphatic heterocycles. The number of hydrogen-bond donors (Lipinski definition) is 1. The maximum atomic E-state index is 10.4. The third kappa shape index (κ3) is 4.04. The van der Waals surface area contributed by atoms with Crippen LogP contribution in [0.25, 0.3) is 17.1 Å². The SMILES string of the molecule is CC[C@@]1(C)CCC[C@@H](Sc2cnc(-c3ccc(-n4ccnc4)cc3O)nn2)C1. The van der Waals surface area contributed by atoms with Gasteiger partial charge >= 0.3 is 0 Å². The first kappa shape index (κ1) is 18.9. The number of benzene rings is 1. The highest BCUT2D eigenvalue weighted by atomic mass is 32.2. The summed E-state index contributed by atoms with van der Waals surface area (Å²) in [6.45, 7) is 4.68. The molecular weight excluding hydrogens is 370 g/mol. The maximum absolute atomic E-state index is 10.4. The largest absolute Gasteiger partial charge is 0.507 e. The molecule has 28 heavy (non-hydrogen) atoms. The minimum atomic E-state index is 0.124. The highest BCUT2D eigenvalue weighted by molar-refractivity contribution is 7.99. The summed E-state index contributed by atoms with van der Waals surface area (Å²) in [6, 6.07) is 5.38. The molecular formula is C21H25N5OS. The van der Waals surface area contributed by atoms with Crippen LogP contribution >= 0.6 is 11.8 Å².